The molecular weight excluding hydrogens is 414 g/mol. The summed E-state index contributed by atoms with van der Waals surface area (Å²) in [6.07, 6.45) is 4.02. The largest absolute Gasteiger partial charge is 0.479 e. The lowest BCUT2D eigenvalue weighted by atomic mass is 9.77. The van der Waals surface area contributed by atoms with E-state index < -0.39 is 0 Å². The molecule has 31 heavy (non-hydrogen) atoms. The molecule has 3 aromatic rings. The lowest BCUT2D eigenvalue weighted by Crippen LogP contribution is -2.47. The van der Waals surface area contributed by atoms with E-state index in [9.17, 15) is 9.59 Å². The summed E-state index contributed by atoms with van der Waals surface area (Å²) in [5, 5.41) is 6.36. The van der Waals surface area contributed by atoms with E-state index in [4.69, 9.17) is 4.74 Å². The highest BCUT2D eigenvalue weighted by Crippen LogP contribution is 2.40. The molecule has 0 unspecified atom stereocenters. The number of hydrogen-bond donors (Lipinski definition) is 2. The predicted octanol–water partition coefficient (Wildman–Crippen LogP) is 3.50. The number of amides is 3. The van der Waals surface area contributed by atoms with Crippen LogP contribution in [0.25, 0.3) is 21.3 Å². The predicted molar refractivity (Wildman–Crippen MR) is 119 cm³/mol. The summed E-state index contributed by atoms with van der Waals surface area (Å²) in [5.41, 5.74) is 2.31. The number of nitrogens with zero attached hydrogens (tertiary/aromatic N) is 3. The van der Waals surface area contributed by atoms with E-state index in [1.54, 1.807) is 18.2 Å². The highest BCUT2D eigenvalue weighted by molar-refractivity contribution is 7.23. The molecule has 0 aliphatic carbocycles. The topological polar surface area (TPSA) is 96.5 Å². The molecule has 2 N–H and O–H groups in total. The standard InChI is InChI=1S/C22H23N5O3S/c1-30-18-16-17(15(13-24-18)14-5-3-2-4-6-14)31-20(25-16)26-21(29)27-11-8-22(9-12-27)7-10-23-19(22)28/h2-6,13H,7-12H2,1H3,(H,23,28)(H,25,26,29). The van der Waals surface area contributed by atoms with Gasteiger partial charge in [0.05, 0.1) is 17.2 Å². The van der Waals surface area contributed by atoms with Crippen molar-refractivity contribution in [3.63, 3.8) is 0 Å². The molecule has 0 bridgehead atoms. The van der Waals surface area contributed by atoms with Crippen molar-refractivity contribution in [1.29, 1.82) is 0 Å². The third-order valence-electron chi connectivity index (χ3n) is 6.26. The molecule has 5 rings (SSSR count). The normalized spacial score (nSPS) is 17.7. The SMILES string of the molecule is COc1ncc(-c2ccccc2)c2sc(NC(=O)N3CCC4(CCNC4=O)CC3)nc12. The van der Waals surface area contributed by atoms with Crippen LogP contribution in [0.1, 0.15) is 19.3 Å². The van der Waals surface area contributed by atoms with Gasteiger partial charge in [-0.1, -0.05) is 41.7 Å². The van der Waals surface area contributed by atoms with Crippen molar-refractivity contribution in [2.75, 3.05) is 32.1 Å². The van der Waals surface area contributed by atoms with E-state index in [-0.39, 0.29) is 17.4 Å². The van der Waals surface area contributed by atoms with Gasteiger partial charge < -0.3 is 15.0 Å². The summed E-state index contributed by atoms with van der Waals surface area (Å²) in [7, 11) is 1.56. The van der Waals surface area contributed by atoms with E-state index in [0.717, 1.165) is 28.8 Å². The molecule has 2 aromatic heterocycles. The fourth-order valence-electron chi connectivity index (χ4n) is 4.42. The van der Waals surface area contributed by atoms with Gasteiger partial charge in [-0.2, -0.15) is 0 Å². The number of hydrogen-bond acceptors (Lipinski definition) is 6. The fourth-order valence-corrected chi connectivity index (χ4v) is 5.40. The lowest BCUT2D eigenvalue weighted by molar-refractivity contribution is -0.129. The number of carbonyl (C=O) groups is 2. The van der Waals surface area contributed by atoms with Crippen molar-refractivity contribution in [3.05, 3.63) is 36.5 Å². The number of pyridine rings is 1. The Hall–Kier alpha value is -3.20. The molecule has 160 valence electrons. The Kier molecular flexibility index (Phi) is 4.97. The van der Waals surface area contributed by atoms with Crippen molar-refractivity contribution >= 4 is 38.6 Å². The average molecular weight is 438 g/mol. The van der Waals surface area contributed by atoms with E-state index in [2.05, 4.69) is 20.6 Å². The first-order valence-corrected chi connectivity index (χ1v) is 11.1. The average Bonchev–Trinajstić information content (AvgIpc) is 3.37. The quantitative estimate of drug-likeness (QED) is 0.654. The number of fused-ring (bicyclic) bond motifs is 1. The Morgan fingerprint density at radius 3 is 2.68 bits per heavy atom. The smallest absolute Gasteiger partial charge is 0.323 e. The molecule has 1 spiro atoms. The molecule has 0 radical (unpaired) electrons. The second-order valence-corrected chi connectivity index (χ2v) is 8.95. The van der Waals surface area contributed by atoms with Crippen molar-refractivity contribution in [1.82, 2.24) is 20.2 Å². The molecule has 3 amide bonds. The van der Waals surface area contributed by atoms with Gasteiger partial charge in [0.2, 0.25) is 11.8 Å². The van der Waals surface area contributed by atoms with E-state index >= 15 is 0 Å². The number of rotatable bonds is 3. The summed E-state index contributed by atoms with van der Waals surface area (Å²) < 4.78 is 6.30. The molecule has 1 aromatic carbocycles. The maximum Gasteiger partial charge on any atom is 0.323 e. The van der Waals surface area contributed by atoms with Crippen molar-refractivity contribution in [3.8, 4) is 17.0 Å². The molecule has 8 nitrogen and oxygen atoms in total. The Morgan fingerprint density at radius 1 is 1.23 bits per heavy atom. The van der Waals surface area contributed by atoms with Crippen LogP contribution in [-0.4, -0.2) is 53.6 Å². The van der Waals surface area contributed by atoms with Crippen LogP contribution in [0, 0.1) is 5.41 Å². The van der Waals surface area contributed by atoms with Crippen LogP contribution in [0.4, 0.5) is 9.93 Å². The highest BCUT2D eigenvalue weighted by atomic mass is 32.1. The molecule has 4 heterocycles. The molecule has 2 aliphatic rings. The Balaban J connectivity index is 1.37. The van der Waals surface area contributed by atoms with Crippen LogP contribution >= 0.6 is 11.3 Å². The number of likely N-dealkylation sites (tertiary alicyclic amines) is 1. The zero-order valence-electron chi connectivity index (χ0n) is 17.2. The fraction of sp³-hybridized carbons (Fsp3) is 0.364. The Labute approximate surface area is 183 Å². The maximum absolute atomic E-state index is 12.9. The minimum absolute atomic E-state index is 0.131. The Bertz CT molecular complexity index is 1140. The van der Waals surface area contributed by atoms with Crippen molar-refractivity contribution in [2.24, 2.45) is 5.41 Å². The van der Waals surface area contributed by atoms with Crippen LogP contribution in [-0.2, 0) is 4.79 Å². The van der Waals surface area contributed by atoms with Gasteiger partial charge in [-0.05, 0) is 24.8 Å². The third kappa shape index (κ3) is 3.48. The molecule has 0 saturated carbocycles. The van der Waals surface area contributed by atoms with E-state index in [1.165, 1.54) is 11.3 Å². The highest BCUT2D eigenvalue weighted by Gasteiger charge is 2.45. The van der Waals surface area contributed by atoms with Gasteiger partial charge in [-0.15, -0.1) is 0 Å². The first kappa shape index (κ1) is 19.7. The summed E-state index contributed by atoms with van der Waals surface area (Å²) in [4.78, 5) is 35.8. The minimum atomic E-state index is -0.295. The zero-order valence-corrected chi connectivity index (χ0v) is 18.0. The second-order valence-electron chi connectivity index (χ2n) is 7.95. The number of ether oxygens (including phenoxy) is 1. The van der Waals surface area contributed by atoms with Crippen molar-refractivity contribution in [2.45, 2.75) is 19.3 Å². The summed E-state index contributed by atoms with van der Waals surface area (Å²) >= 11 is 1.41. The summed E-state index contributed by atoms with van der Waals surface area (Å²) in [5.74, 6) is 0.561. The third-order valence-corrected chi connectivity index (χ3v) is 7.26. The Morgan fingerprint density at radius 2 is 2.00 bits per heavy atom. The molecule has 9 heteroatoms. The molecular formula is C22H23N5O3S. The van der Waals surface area contributed by atoms with Gasteiger partial charge in [0.1, 0.15) is 5.52 Å². The van der Waals surface area contributed by atoms with E-state index in [1.807, 2.05) is 30.3 Å². The number of nitrogens with one attached hydrogen (secondary N) is 2. The van der Waals surface area contributed by atoms with Crippen LogP contribution in [0.3, 0.4) is 0 Å². The van der Waals surface area contributed by atoms with Gasteiger partial charge in [0, 0.05) is 31.4 Å². The van der Waals surface area contributed by atoms with Gasteiger partial charge in [0.15, 0.2) is 5.13 Å². The van der Waals surface area contributed by atoms with Gasteiger partial charge in [0.25, 0.3) is 0 Å². The zero-order chi connectivity index (χ0) is 21.4. The minimum Gasteiger partial charge on any atom is -0.479 e. The monoisotopic (exact) mass is 437 g/mol. The number of methoxy groups -OCH3 is 1. The summed E-state index contributed by atoms with van der Waals surface area (Å²) in [6.45, 7) is 1.85. The number of anilines is 1. The van der Waals surface area contributed by atoms with Crippen LogP contribution in [0.15, 0.2) is 36.5 Å². The molecule has 0 atom stereocenters. The van der Waals surface area contributed by atoms with Crippen molar-refractivity contribution < 1.29 is 14.3 Å². The number of piperidine rings is 1. The molecule has 2 saturated heterocycles. The molecule has 2 aliphatic heterocycles. The first-order valence-electron chi connectivity index (χ1n) is 10.3. The molecule has 2 fully saturated rings. The number of aromatic nitrogens is 2. The number of urea groups is 1. The second kappa shape index (κ2) is 7.81. The van der Waals surface area contributed by atoms with Crippen LogP contribution in [0.2, 0.25) is 0 Å². The number of thiazole rings is 1. The first-order chi connectivity index (χ1) is 15.1. The number of carbonyl (C=O) groups excluding carboxylic acids is 2. The number of benzene rings is 1. The maximum atomic E-state index is 12.9. The van der Waals surface area contributed by atoms with Gasteiger partial charge >= 0.3 is 6.03 Å². The van der Waals surface area contributed by atoms with Gasteiger partial charge in [-0.25, -0.2) is 14.8 Å². The lowest BCUT2D eigenvalue weighted by Gasteiger charge is -2.37. The van der Waals surface area contributed by atoms with Gasteiger partial charge in [-0.3, -0.25) is 10.1 Å². The van der Waals surface area contributed by atoms with Crippen LogP contribution < -0.4 is 15.4 Å². The van der Waals surface area contributed by atoms with Crippen LogP contribution in [0.5, 0.6) is 5.88 Å². The summed E-state index contributed by atoms with van der Waals surface area (Å²) in [6, 6.07) is 9.76. The van der Waals surface area contributed by atoms with E-state index in [0.29, 0.717) is 42.5 Å².